The quantitative estimate of drug-likeness (QED) is 0.540. The number of piperidine rings is 1. The van der Waals surface area contributed by atoms with E-state index in [-0.39, 0.29) is 17.7 Å². The van der Waals surface area contributed by atoms with E-state index in [2.05, 4.69) is 20.3 Å². The fourth-order valence-corrected chi connectivity index (χ4v) is 4.24. The molecule has 3 heterocycles. The van der Waals surface area contributed by atoms with Gasteiger partial charge in [0.1, 0.15) is 0 Å². The zero-order valence-electron chi connectivity index (χ0n) is 17.9. The molecule has 2 amide bonds. The average Bonchev–Trinajstić information content (AvgIpc) is 2.77. The molecule has 2 aromatic heterocycles. The number of carbonyl (C=O) groups excluding carboxylic acids is 2. The molecule has 0 saturated carbocycles. The smallest absolute Gasteiger partial charge is 0.223 e. The number of hydrogen-bond acceptors (Lipinski definition) is 6. The molecule has 0 aromatic carbocycles. The molecule has 1 saturated heterocycles. The van der Waals surface area contributed by atoms with Crippen LogP contribution in [-0.4, -0.2) is 51.0 Å². The molecule has 1 fully saturated rings. The van der Waals surface area contributed by atoms with Crippen LogP contribution >= 0.6 is 11.8 Å². The summed E-state index contributed by atoms with van der Waals surface area (Å²) in [6.07, 6.45) is 7.93. The summed E-state index contributed by atoms with van der Waals surface area (Å²) >= 11 is 1.52. The predicted octanol–water partition coefficient (Wildman–Crippen LogP) is 2.70. The summed E-state index contributed by atoms with van der Waals surface area (Å²) in [6.45, 7) is 5.70. The molecule has 0 spiro atoms. The van der Waals surface area contributed by atoms with Crippen LogP contribution in [0.1, 0.15) is 41.8 Å². The van der Waals surface area contributed by atoms with Crippen LogP contribution in [0.3, 0.4) is 0 Å². The number of amides is 2. The zero-order chi connectivity index (χ0) is 21.5. The summed E-state index contributed by atoms with van der Waals surface area (Å²) in [7, 11) is 0. The van der Waals surface area contributed by atoms with Crippen molar-refractivity contribution in [1.82, 2.24) is 25.2 Å². The van der Waals surface area contributed by atoms with Gasteiger partial charge in [0.05, 0.1) is 0 Å². The molecule has 0 aliphatic carbocycles. The number of aromatic nitrogens is 3. The SMILES string of the molecule is CSc1nc(C)c(CCC(=O)N2CCC(C(=O)NCc3cccnc3)CC2)c(C)n1. The van der Waals surface area contributed by atoms with Gasteiger partial charge in [0.25, 0.3) is 0 Å². The third-order valence-electron chi connectivity index (χ3n) is 5.58. The van der Waals surface area contributed by atoms with Crippen molar-refractivity contribution in [2.75, 3.05) is 19.3 Å². The lowest BCUT2D eigenvalue weighted by molar-refractivity contribution is -0.135. The van der Waals surface area contributed by atoms with Gasteiger partial charge in [0, 0.05) is 55.8 Å². The molecule has 1 aliphatic heterocycles. The van der Waals surface area contributed by atoms with Crippen LogP contribution in [0.5, 0.6) is 0 Å². The maximum absolute atomic E-state index is 12.7. The first-order valence-corrected chi connectivity index (χ1v) is 11.5. The van der Waals surface area contributed by atoms with Gasteiger partial charge in [-0.1, -0.05) is 17.8 Å². The predicted molar refractivity (Wildman–Crippen MR) is 117 cm³/mol. The molecular weight excluding hydrogens is 398 g/mol. The number of pyridine rings is 1. The topological polar surface area (TPSA) is 88.1 Å². The highest BCUT2D eigenvalue weighted by Crippen LogP contribution is 2.20. The Morgan fingerprint density at radius 2 is 1.90 bits per heavy atom. The fourth-order valence-electron chi connectivity index (χ4n) is 3.78. The van der Waals surface area contributed by atoms with Crippen molar-refractivity contribution in [3.8, 4) is 0 Å². The van der Waals surface area contributed by atoms with Gasteiger partial charge in [0.15, 0.2) is 5.16 Å². The highest BCUT2D eigenvalue weighted by Gasteiger charge is 2.27. The van der Waals surface area contributed by atoms with Crippen LogP contribution in [0.4, 0.5) is 0 Å². The Bertz CT molecular complexity index is 859. The van der Waals surface area contributed by atoms with Gasteiger partial charge in [-0.15, -0.1) is 0 Å². The van der Waals surface area contributed by atoms with Crippen molar-refractivity contribution in [3.63, 3.8) is 0 Å². The minimum Gasteiger partial charge on any atom is -0.352 e. The number of rotatable bonds is 7. The third kappa shape index (κ3) is 5.78. The van der Waals surface area contributed by atoms with E-state index in [1.54, 1.807) is 12.4 Å². The largest absolute Gasteiger partial charge is 0.352 e. The summed E-state index contributed by atoms with van der Waals surface area (Å²) in [4.78, 5) is 40.0. The lowest BCUT2D eigenvalue weighted by Crippen LogP contribution is -2.43. The second kappa shape index (κ2) is 10.5. The third-order valence-corrected chi connectivity index (χ3v) is 6.13. The van der Waals surface area contributed by atoms with Crippen molar-refractivity contribution < 1.29 is 9.59 Å². The summed E-state index contributed by atoms with van der Waals surface area (Å²) in [5, 5.41) is 3.75. The summed E-state index contributed by atoms with van der Waals surface area (Å²) in [5.74, 6) is 0.155. The Labute approximate surface area is 182 Å². The Hall–Kier alpha value is -2.48. The van der Waals surface area contributed by atoms with Crippen molar-refractivity contribution in [3.05, 3.63) is 47.0 Å². The van der Waals surface area contributed by atoms with Crippen LogP contribution < -0.4 is 5.32 Å². The van der Waals surface area contributed by atoms with E-state index < -0.39 is 0 Å². The lowest BCUT2D eigenvalue weighted by atomic mass is 9.95. The van der Waals surface area contributed by atoms with Gasteiger partial charge < -0.3 is 10.2 Å². The molecule has 0 radical (unpaired) electrons. The van der Waals surface area contributed by atoms with Crippen LogP contribution in [0.15, 0.2) is 29.7 Å². The highest BCUT2D eigenvalue weighted by atomic mass is 32.2. The minimum atomic E-state index is -0.0392. The van der Waals surface area contributed by atoms with E-state index in [9.17, 15) is 9.59 Å². The number of aryl methyl sites for hydroxylation is 2. The molecule has 1 N–H and O–H groups in total. The highest BCUT2D eigenvalue weighted by molar-refractivity contribution is 7.98. The number of carbonyl (C=O) groups is 2. The molecule has 2 aromatic rings. The number of nitrogens with one attached hydrogen (secondary N) is 1. The fraction of sp³-hybridized carbons (Fsp3) is 0.500. The molecule has 1 aliphatic rings. The molecule has 0 unspecified atom stereocenters. The molecule has 160 valence electrons. The summed E-state index contributed by atoms with van der Waals surface area (Å²) in [5.41, 5.74) is 3.94. The van der Waals surface area contributed by atoms with Gasteiger partial charge in [-0.3, -0.25) is 14.6 Å². The van der Waals surface area contributed by atoms with Crippen LogP contribution in [0.25, 0.3) is 0 Å². The first-order chi connectivity index (χ1) is 14.5. The normalized spacial score (nSPS) is 14.6. The Morgan fingerprint density at radius 1 is 1.20 bits per heavy atom. The second-order valence-electron chi connectivity index (χ2n) is 7.59. The zero-order valence-corrected chi connectivity index (χ0v) is 18.7. The van der Waals surface area contributed by atoms with Gasteiger partial charge in [0.2, 0.25) is 11.8 Å². The average molecular weight is 428 g/mol. The number of thioether (sulfide) groups is 1. The van der Waals surface area contributed by atoms with Crippen LogP contribution in [0.2, 0.25) is 0 Å². The number of likely N-dealkylation sites (tertiary alicyclic amines) is 1. The molecule has 7 nitrogen and oxygen atoms in total. The summed E-state index contributed by atoms with van der Waals surface area (Å²) < 4.78 is 0. The first kappa shape index (κ1) is 22.2. The van der Waals surface area contributed by atoms with Crippen LogP contribution in [-0.2, 0) is 22.6 Å². The molecule has 0 atom stereocenters. The van der Waals surface area contributed by atoms with Crippen molar-refractivity contribution in [2.24, 2.45) is 5.92 Å². The van der Waals surface area contributed by atoms with E-state index in [1.807, 2.05) is 37.1 Å². The van der Waals surface area contributed by atoms with Crippen molar-refractivity contribution >= 4 is 23.6 Å². The van der Waals surface area contributed by atoms with Gasteiger partial charge in [-0.05, 0) is 56.6 Å². The maximum atomic E-state index is 12.7. The van der Waals surface area contributed by atoms with Crippen molar-refractivity contribution in [2.45, 2.75) is 51.2 Å². The van der Waals surface area contributed by atoms with E-state index in [4.69, 9.17) is 0 Å². The van der Waals surface area contributed by atoms with Gasteiger partial charge >= 0.3 is 0 Å². The Kier molecular flexibility index (Phi) is 7.79. The molecule has 8 heteroatoms. The Morgan fingerprint density at radius 3 is 2.50 bits per heavy atom. The molecular formula is C22H29N5O2S. The summed E-state index contributed by atoms with van der Waals surface area (Å²) in [6, 6.07) is 3.80. The number of hydrogen-bond donors (Lipinski definition) is 1. The van der Waals surface area contributed by atoms with E-state index in [0.717, 1.165) is 27.7 Å². The maximum Gasteiger partial charge on any atom is 0.223 e. The molecule has 3 rings (SSSR count). The second-order valence-corrected chi connectivity index (χ2v) is 8.37. The van der Waals surface area contributed by atoms with E-state index >= 15 is 0 Å². The van der Waals surface area contributed by atoms with E-state index in [1.165, 1.54) is 11.8 Å². The van der Waals surface area contributed by atoms with Gasteiger partial charge in [-0.25, -0.2) is 9.97 Å². The monoisotopic (exact) mass is 427 g/mol. The number of nitrogens with zero attached hydrogens (tertiary/aromatic N) is 4. The van der Waals surface area contributed by atoms with Crippen molar-refractivity contribution in [1.29, 1.82) is 0 Å². The standard InChI is InChI=1S/C22H29N5O2S/c1-15-19(16(2)26-22(25-15)30-3)6-7-20(28)27-11-8-18(9-12-27)21(29)24-14-17-5-4-10-23-13-17/h4-5,10,13,18H,6-9,11-12,14H2,1-3H3,(H,24,29). The van der Waals surface area contributed by atoms with Gasteiger partial charge in [-0.2, -0.15) is 0 Å². The lowest BCUT2D eigenvalue weighted by Gasteiger charge is -2.31. The minimum absolute atomic E-state index is 0.0392. The Balaban J connectivity index is 1.44. The van der Waals surface area contributed by atoms with Crippen LogP contribution in [0, 0.1) is 19.8 Å². The molecule has 0 bridgehead atoms. The van der Waals surface area contributed by atoms with E-state index in [0.29, 0.717) is 45.3 Å². The molecule has 30 heavy (non-hydrogen) atoms. The first-order valence-electron chi connectivity index (χ1n) is 10.3.